The number of aryl methyl sites for hydroxylation is 1. The van der Waals surface area contributed by atoms with Gasteiger partial charge in [0.2, 0.25) is 0 Å². The molecule has 0 aliphatic heterocycles. The van der Waals surface area contributed by atoms with Crippen LogP contribution in [0.5, 0.6) is 0 Å². The molecule has 2 N–H and O–H groups in total. The Hall–Kier alpha value is -2.37. The van der Waals surface area contributed by atoms with Crippen LogP contribution in [0.25, 0.3) is 5.82 Å². The Kier molecular flexibility index (Phi) is 3.14. The lowest BCUT2D eigenvalue weighted by atomic mass is 10.0. The van der Waals surface area contributed by atoms with Gasteiger partial charge in [-0.3, -0.25) is 4.57 Å². The molecule has 0 atom stereocenters. The maximum Gasteiger partial charge on any atom is 0.340 e. The fraction of sp³-hybridized carbons (Fsp3) is 0.357. The number of carbonyl (C=O) groups excluding carboxylic acids is 1. The number of methoxy groups -OCH3 is 1. The summed E-state index contributed by atoms with van der Waals surface area (Å²) < 4.78 is 6.62. The van der Waals surface area contributed by atoms with Crippen molar-refractivity contribution in [3.8, 4) is 5.82 Å². The molecule has 0 fully saturated rings. The molecule has 0 unspecified atom stereocenters. The Morgan fingerprint density at radius 1 is 1.35 bits per heavy atom. The molecule has 2 heterocycles. The number of anilines is 1. The van der Waals surface area contributed by atoms with Crippen LogP contribution in [0.3, 0.4) is 0 Å². The van der Waals surface area contributed by atoms with Crippen molar-refractivity contribution in [1.82, 2.24) is 14.5 Å². The van der Waals surface area contributed by atoms with Gasteiger partial charge in [-0.05, 0) is 31.7 Å². The minimum atomic E-state index is -0.458. The zero-order valence-electron chi connectivity index (χ0n) is 11.3. The normalized spacial score (nSPS) is 13.8. The Morgan fingerprint density at radius 2 is 2.15 bits per heavy atom. The SMILES string of the molecule is COC(=O)c1ccnc(-n2cnc3c2CCCC3)c1N. The standard InChI is InChI=1S/C14H16N4O2/c1-20-14(19)9-6-7-16-13(12(9)15)18-8-17-10-4-2-3-5-11(10)18/h6-8H,2-5,15H2,1H3. The van der Waals surface area contributed by atoms with E-state index < -0.39 is 5.97 Å². The van der Waals surface area contributed by atoms with Gasteiger partial charge >= 0.3 is 5.97 Å². The largest absolute Gasteiger partial charge is 0.465 e. The van der Waals surface area contributed by atoms with Gasteiger partial charge in [-0.15, -0.1) is 0 Å². The summed E-state index contributed by atoms with van der Waals surface area (Å²) in [6.07, 6.45) is 7.53. The van der Waals surface area contributed by atoms with Crippen LogP contribution in [0.1, 0.15) is 34.6 Å². The van der Waals surface area contributed by atoms with Crippen molar-refractivity contribution in [1.29, 1.82) is 0 Å². The zero-order valence-corrected chi connectivity index (χ0v) is 11.3. The Bertz CT molecular complexity index is 663. The highest BCUT2D eigenvalue weighted by Gasteiger charge is 2.20. The molecule has 0 spiro atoms. The van der Waals surface area contributed by atoms with Crippen molar-refractivity contribution in [3.05, 3.63) is 35.5 Å². The molecule has 6 nitrogen and oxygen atoms in total. The van der Waals surface area contributed by atoms with Crippen molar-refractivity contribution >= 4 is 11.7 Å². The topological polar surface area (TPSA) is 83.0 Å². The number of rotatable bonds is 2. The average molecular weight is 272 g/mol. The number of pyridine rings is 1. The molecule has 104 valence electrons. The third-order valence-electron chi connectivity index (χ3n) is 3.63. The van der Waals surface area contributed by atoms with Crippen molar-refractivity contribution in [2.45, 2.75) is 25.7 Å². The first-order valence-electron chi connectivity index (χ1n) is 6.60. The summed E-state index contributed by atoms with van der Waals surface area (Å²) in [5.41, 5.74) is 8.96. The molecule has 0 aromatic carbocycles. The second-order valence-electron chi connectivity index (χ2n) is 4.80. The quantitative estimate of drug-likeness (QED) is 0.838. The first kappa shape index (κ1) is 12.7. The Labute approximate surface area is 116 Å². The second-order valence-corrected chi connectivity index (χ2v) is 4.80. The number of fused-ring (bicyclic) bond motifs is 1. The highest BCUT2D eigenvalue weighted by molar-refractivity contribution is 5.96. The summed E-state index contributed by atoms with van der Waals surface area (Å²) in [6, 6.07) is 1.56. The van der Waals surface area contributed by atoms with Gasteiger partial charge in [0.25, 0.3) is 0 Å². The number of carbonyl (C=O) groups is 1. The van der Waals surface area contributed by atoms with E-state index in [4.69, 9.17) is 10.5 Å². The van der Waals surface area contributed by atoms with E-state index >= 15 is 0 Å². The molecule has 0 saturated carbocycles. The van der Waals surface area contributed by atoms with E-state index in [1.807, 2.05) is 4.57 Å². The molecule has 0 bridgehead atoms. The van der Waals surface area contributed by atoms with E-state index in [9.17, 15) is 4.79 Å². The van der Waals surface area contributed by atoms with Gasteiger partial charge in [-0.25, -0.2) is 14.8 Å². The predicted molar refractivity (Wildman–Crippen MR) is 73.8 cm³/mol. The molecule has 0 saturated heterocycles. The van der Waals surface area contributed by atoms with Gasteiger partial charge in [0.1, 0.15) is 6.33 Å². The molecule has 1 aliphatic carbocycles. The van der Waals surface area contributed by atoms with Crippen LogP contribution < -0.4 is 5.73 Å². The molecule has 2 aromatic heterocycles. The summed E-state index contributed by atoms with van der Waals surface area (Å²) in [6.45, 7) is 0. The molecule has 0 amide bonds. The van der Waals surface area contributed by atoms with Crippen LogP contribution in [0.2, 0.25) is 0 Å². The molecule has 0 radical (unpaired) electrons. The van der Waals surface area contributed by atoms with Crippen molar-refractivity contribution in [2.24, 2.45) is 0 Å². The summed E-state index contributed by atoms with van der Waals surface area (Å²) in [5.74, 6) is 0.0867. The van der Waals surface area contributed by atoms with E-state index in [1.54, 1.807) is 18.6 Å². The lowest BCUT2D eigenvalue weighted by molar-refractivity contribution is 0.0602. The molecule has 20 heavy (non-hydrogen) atoms. The van der Waals surface area contributed by atoms with Gasteiger partial charge < -0.3 is 10.5 Å². The fourth-order valence-electron chi connectivity index (χ4n) is 2.59. The lowest BCUT2D eigenvalue weighted by Gasteiger charge is -2.15. The second kappa shape index (κ2) is 4.96. The van der Waals surface area contributed by atoms with Gasteiger partial charge in [0.05, 0.1) is 24.1 Å². The number of ether oxygens (including phenoxy) is 1. The molecule has 2 aromatic rings. The van der Waals surface area contributed by atoms with Crippen LogP contribution in [0.15, 0.2) is 18.6 Å². The zero-order chi connectivity index (χ0) is 14.1. The summed E-state index contributed by atoms with van der Waals surface area (Å²) >= 11 is 0. The maximum atomic E-state index is 11.7. The van der Waals surface area contributed by atoms with Gasteiger partial charge in [-0.1, -0.05) is 0 Å². The third-order valence-corrected chi connectivity index (χ3v) is 3.63. The van der Waals surface area contributed by atoms with Crippen LogP contribution in [-0.2, 0) is 17.6 Å². The molecule has 6 heteroatoms. The third kappa shape index (κ3) is 1.93. The number of imidazole rings is 1. The van der Waals surface area contributed by atoms with Crippen LogP contribution >= 0.6 is 0 Å². The Morgan fingerprint density at radius 3 is 2.95 bits per heavy atom. The van der Waals surface area contributed by atoms with E-state index in [0.717, 1.165) is 37.1 Å². The van der Waals surface area contributed by atoms with E-state index in [2.05, 4.69) is 9.97 Å². The van der Waals surface area contributed by atoms with Crippen molar-refractivity contribution < 1.29 is 9.53 Å². The number of esters is 1. The average Bonchev–Trinajstić information content (AvgIpc) is 2.90. The minimum absolute atomic E-state index is 0.324. The molecule has 3 rings (SSSR count). The predicted octanol–water partition coefficient (Wildman–Crippen LogP) is 1.51. The first-order chi connectivity index (χ1) is 9.72. The lowest BCUT2D eigenvalue weighted by Crippen LogP contribution is -2.13. The highest BCUT2D eigenvalue weighted by Crippen LogP contribution is 2.26. The van der Waals surface area contributed by atoms with Crippen LogP contribution in [0, 0.1) is 0 Å². The van der Waals surface area contributed by atoms with Crippen molar-refractivity contribution in [3.63, 3.8) is 0 Å². The Balaban J connectivity index is 2.11. The number of hydrogen-bond acceptors (Lipinski definition) is 5. The fourth-order valence-corrected chi connectivity index (χ4v) is 2.59. The summed E-state index contributed by atoms with van der Waals surface area (Å²) in [4.78, 5) is 20.4. The van der Waals surface area contributed by atoms with Gasteiger partial charge in [-0.2, -0.15) is 0 Å². The minimum Gasteiger partial charge on any atom is -0.465 e. The van der Waals surface area contributed by atoms with Crippen molar-refractivity contribution in [2.75, 3.05) is 12.8 Å². The van der Waals surface area contributed by atoms with Crippen LogP contribution in [0.4, 0.5) is 5.69 Å². The van der Waals surface area contributed by atoms with Gasteiger partial charge in [0.15, 0.2) is 5.82 Å². The number of nitrogens with two attached hydrogens (primary N) is 1. The van der Waals surface area contributed by atoms with E-state index in [-0.39, 0.29) is 0 Å². The smallest absolute Gasteiger partial charge is 0.340 e. The van der Waals surface area contributed by atoms with E-state index in [1.165, 1.54) is 7.11 Å². The summed E-state index contributed by atoms with van der Waals surface area (Å²) in [7, 11) is 1.33. The summed E-state index contributed by atoms with van der Waals surface area (Å²) in [5, 5.41) is 0. The van der Waals surface area contributed by atoms with E-state index in [0.29, 0.717) is 17.1 Å². The number of nitrogen functional groups attached to an aromatic ring is 1. The van der Waals surface area contributed by atoms with Gasteiger partial charge in [0, 0.05) is 11.9 Å². The van der Waals surface area contributed by atoms with Crippen LogP contribution in [-0.4, -0.2) is 27.6 Å². The monoisotopic (exact) mass is 272 g/mol. The number of hydrogen-bond donors (Lipinski definition) is 1. The highest BCUT2D eigenvalue weighted by atomic mass is 16.5. The maximum absolute atomic E-state index is 11.7. The number of nitrogens with zero attached hydrogens (tertiary/aromatic N) is 3. The molecular weight excluding hydrogens is 256 g/mol. The number of aromatic nitrogens is 3. The molecular formula is C14H16N4O2. The first-order valence-corrected chi connectivity index (χ1v) is 6.60. The molecule has 1 aliphatic rings.